The molecular weight excluding hydrogens is 951 g/mol. The third kappa shape index (κ3) is 26.3. The zero-order chi connectivity index (χ0) is 50.6. The fourth-order valence-electron chi connectivity index (χ4n) is 6.18. The third-order valence-corrected chi connectivity index (χ3v) is 13.6. The Bertz CT molecular complexity index is 1960. The number of nitrogens with zero attached hydrogens (tertiary/aromatic N) is 2. The van der Waals surface area contributed by atoms with Gasteiger partial charge < -0.3 is 61.4 Å². The van der Waals surface area contributed by atoms with Crippen LogP contribution in [0.1, 0.15) is 125 Å². The molecule has 26 nitrogen and oxygen atoms in total. The molecule has 1 aromatic heterocycles. The molecule has 0 radical (unpaired) electrons. The van der Waals surface area contributed by atoms with Gasteiger partial charge in [0.05, 0.1) is 25.4 Å². The number of amides is 3. The van der Waals surface area contributed by atoms with Crippen LogP contribution in [0.3, 0.4) is 0 Å². The number of ether oxygens (including phenoxy) is 3. The van der Waals surface area contributed by atoms with Gasteiger partial charge in [-0.15, -0.1) is 0 Å². The number of phosphoric ester groups is 2. The molecule has 0 spiro atoms. The number of hydrogen-bond acceptors (Lipinski definition) is 19. The predicted molar refractivity (Wildman–Crippen MR) is 240 cm³/mol. The van der Waals surface area contributed by atoms with Crippen molar-refractivity contribution in [2.45, 2.75) is 154 Å². The number of ketones is 1. The SMILES string of the molecule is CC(C)(C)OC(=O)NCCCCC(N)C(=O)CC(CCCCNC(=O)OC(C)(C)C)C(=O)NCCCCCCOP(=O)(O)OP(=O)(O)OP(=O)(O)OC[C@H]1O[C@@H](n2ccc(N)nc2=O)C[C@H]1O. The van der Waals surface area contributed by atoms with Crippen LogP contribution in [0.4, 0.5) is 15.4 Å². The number of nitrogens with one attached hydrogen (secondary N) is 3. The van der Waals surface area contributed by atoms with Crippen molar-refractivity contribution in [2.24, 2.45) is 11.7 Å². The highest BCUT2D eigenvalue weighted by Gasteiger charge is 2.44. The summed E-state index contributed by atoms with van der Waals surface area (Å²) in [6.45, 7) is 10.0. The van der Waals surface area contributed by atoms with Gasteiger partial charge in [0.1, 0.15) is 35.1 Å². The van der Waals surface area contributed by atoms with E-state index in [4.69, 9.17) is 30.2 Å². The van der Waals surface area contributed by atoms with E-state index in [0.717, 1.165) is 4.57 Å². The summed E-state index contributed by atoms with van der Waals surface area (Å²) in [5, 5.41) is 18.4. The minimum atomic E-state index is -5.78. The maximum absolute atomic E-state index is 13.3. The van der Waals surface area contributed by atoms with Crippen LogP contribution >= 0.6 is 23.5 Å². The second-order valence-corrected chi connectivity index (χ2v) is 22.3. The molecule has 0 saturated carbocycles. The summed E-state index contributed by atoms with van der Waals surface area (Å²) in [7, 11) is -16.6. The molecule has 11 N–H and O–H groups in total. The largest absolute Gasteiger partial charge is 0.490 e. The Balaban J connectivity index is 1.76. The monoisotopic (exact) mass is 1020 g/mol. The molecule has 1 aromatic rings. The number of carbonyl (C=O) groups is 4. The first-order chi connectivity index (χ1) is 31.0. The van der Waals surface area contributed by atoms with Crippen LogP contribution in [0.15, 0.2) is 17.1 Å². The first-order valence-electron chi connectivity index (χ1n) is 21.8. The van der Waals surface area contributed by atoms with Gasteiger partial charge in [-0.3, -0.25) is 23.2 Å². The van der Waals surface area contributed by atoms with Crippen molar-refractivity contribution in [2.75, 3.05) is 38.6 Å². The Morgan fingerprint density at radius 3 is 1.90 bits per heavy atom. The summed E-state index contributed by atoms with van der Waals surface area (Å²) in [4.78, 5) is 95.7. The summed E-state index contributed by atoms with van der Waals surface area (Å²) in [6, 6.07) is 0.480. The molecule has 5 unspecified atom stereocenters. The molecule has 1 aliphatic rings. The minimum Gasteiger partial charge on any atom is -0.444 e. The van der Waals surface area contributed by atoms with Gasteiger partial charge in [0.2, 0.25) is 5.91 Å². The van der Waals surface area contributed by atoms with Gasteiger partial charge in [0.25, 0.3) is 0 Å². The normalized spacial score (nSPS) is 20.1. The number of phosphoric acid groups is 3. The number of rotatable bonds is 30. The molecule has 1 saturated heterocycles. The number of nitrogen functional groups attached to an aromatic ring is 1. The molecule has 2 heterocycles. The predicted octanol–water partition coefficient (Wildman–Crippen LogP) is 3.81. The Morgan fingerprint density at radius 1 is 0.806 bits per heavy atom. The Kier molecular flexibility index (Phi) is 24.7. The number of anilines is 1. The van der Waals surface area contributed by atoms with E-state index in [1.165, 1.54) is 12.3 Å². The maximum Gasteiger partial charge on any atom is 0.490 e. The summed E-state index contributed by atoms with van der Waals surface area (Å²) < 4.78 is 71.5. The Hall–Kier alpha value is -3.35. The fraction of sp³-hybridized carbons (Fsp3) is 0.789. The van der Waals surface area contributed by atoms with E-state index in [9.17, 15) is 57.5 Å². The van der Waals surface area contributed by atoms with Crippen molar-refractivity contribution in [3.63, 3.8) is 0 Å². The molecule has 1 aliphatic heterocycles. The first kappa shape index (κ1) is 59.8. The van der Waals surface area contributed by atoms with Gasteiger partial charge in [-0.05, 0) is 92.6 Å². The topological polar surface area (TPSA) is 388 Å². The number of unbranched alkanes of at least 4 members (excludes halogenated alkanes) is 5. The Labute approximate surface area is 389 Å². The van der Waals surface area contributed by atoms with Crippen LogP contribution in [-0.2, 0) is 55.2 Å². The van der Waals surface area contributed by atoms with Crippen molar-refractivity contribution >= 4 is 53.2 Å². The van der Waals surface area contributed by atoms with Gasteiger partial charge >= 0.3 is 41.3 Å². The van der Waals surface area contributed by atoms with E-state index in [0.29, 0.717) is 70.9 Å². The average molecular weight is 1020 g/mol. The van der Waals surface area contributed by atoms with Gasteiger partial charge in [0, 0.05) is 44.6 Å². The zero-order valence-electron chi connectivity index (χ0n) is 38.9. The van der Waals surface area contributed by atoms with E-state index >= 15 is 0 Å². The van der Waals surface area contributed by atoms with E-state index in [2.05, 4.69) is 34.1 Å². The second kappa shape index (κ2) is 27.7. The average Bonchev–Trinajstić information content (AvgIpc) is 3.54. The lowest BCUT2D eigenvalue weighted by molar-refractivity contribution is -0.130. The molecule has 29 heteroatoms. The lowest BCUT2D eigenvalue weighted by Crippen LogP contribution is -2.37. The van der Waals surface area contributed by atoms with E-state index in [1.54, 1.807) is 41.5 Å². The van der Waals surface area contributed by atoms with Crippen molar-refractivity contribution in [3.8, 4) is 0 Å². The molecule has 0 bridgehead atoms. The summed E-state index contributed by atoms with van der Waals surface area (Å²) in [6.07, 6.45) is 0.482. The zero-order valence-corrected chi connectivity index (χ0v) is 41.5. The lowest BCUT2D eigenvalue weighted by atomic mass is 9.91. The van der Waals surface area contributed by atoms with Crippen LogP contribution in [0.25, 0.3) is 0 Å². The van der Waals surface area contributed by atoms with Crippen molar-refractivity contribution in [1.29, 1.82) is 0 Å². The highest BCUT2D eigenvalue weighted by atomic mass is 31.3. The quantitative estimate of drug-likeness (QED) is 0.0391. The van der Waals surface area contributed by atoms with Gasteiger partial charge in [-0.2, -0.15) is 13.6 Å². The minimum absolute atomic E-state index is 0.0585. The molecule has 1 fully saturated rings. The molecule has 2 rings (SSSR count). The maximum atomic E-state index is 13.3. The van der Waals surface area contributed by atoms with Crippen LogP contribution in [0.5, 0.6) is 0 Å². The van der Waals surface area contributed by atoms with Crippen molar-refractivity contribution < 1.29 is 84.5 Å². The standard InChI is InChI=1S/C38H70N7O19P3/c1-37(2,3)61-35(50)42-19-12-9-15-26(23-28(46)27(39)16-10-13-20-43-36(51)62-38(4,5)6)33(48)41-18-11-7-8-14-22-58-65(52,53)63-67(56,57)64-66(54,55)59-25-30-29(47)24-32(60-30)45-21-17-31(40)44-34(45)49/h17,21,26-27,29-30,32,47H,7-16,18-20,22-25,39H2,1-6H3,(H,41,48)(H,42,50)(H,43,51)(H,52,53)(H,54,55)(H,56,57)(H2,40,44,49)/t26?,27?,29-,30-,32-/m1/s1. The third-order valence-electron chi connectivity index (χ3n) is 9.30. The second-order valence-electron chi connectivity index (χ2n) is 17.7. The van der Waals surface area contributed by atoms with E-state index in [1.807, 2.05) is 0 Å². The van der Waals surface area contributed by atoms with Crippen molar-refractivity contribution in [3.05, 3.63) is 22.7 Å². The molecular formula is C38H70N7O19P3. The van der Waals surface area contributed by atoms with Gasteiger partial charge in [-0.1, -0.05) is 19.3 Å². The highest BCUT2D eigenvalue weighted by molar-refractivity contribution is 7.66. The smallest absolute Gasteiger partial charge is 0.444 e. The number of aliphatic hydroxyl groups is 1. The van der Waals surface area contributed by atoms with Crippen LogP contribution in [-0.4, -0.2) is 116 Å². The van der Waals surface area contributed by atoms with Gasteiger partial charge in [-0.25, -0.2) is 28.1 Å². The first-order valence-corrected chi connectivity index (χ1v) is 26.3. The number of aromatic nitrogens is 2. The van der Waals surface area contributed by atoms with Gasteiger partial charge in [0.15, 0.2) is 0 Å². The summed E-state index contributed by atoms with van der Waals surface area (Å²) >= 11 is 0. The number of nitrogens with two attached hydrogens (primary N) is 2. The molecule has 0 aromatic carbocycles. The van der Waals surface area contributed by atoms with E-state index < -0.39 is 96.2 Å². The van der Waals surface area contributed by atoms with Crippen molar-refractivity contribution in [1.82, 2.24) is 25.5 Å². The molecule has 67 heavy (non-hydrogen) atoms. The van der Waals surface area contributed by atoms with Crippen LogP contribution < -0.4 is 33.1 Å². The number of Topliss-reactive ketones (excluding diaryl/α,β-unsaturated/α-hetero) is 1. The Morgan fingerprint density at radius 2 is 1.33 bits per heavy atom. The lowest BCUT2D eigenvalue weighted by Gasteiger charge is -2.20. The molecule has 3 amide bonds. The number of alkyl carbamates (subject to hydrolysis) is 2. The molecule has 386 valence electrons. The van der Waals surface area contributed by atoms with E-state index in [-0.39, 0.29) is 43.3 Å². The molecule has 0 aliphatic carbocycles. The van der Waals surface area contributed by atoms with Crippen LogP contribution in [0.2, 0.25) is 0 Å². The van der Waals surface area contributed by atoms with Crippen LogP contribution in [0, 0.1) is 5.92 Å². The number of carbonyl (C=O) groups excluding carboxylic acids is 4. The number of hydrogen-bond donors (Lipinski definition) is 9. The molecule has 8 atom stereocenters. The fourth-order valence-corrected chi connectivity index (χ4v) is 9.73. The summed E-state index contributed by atoms with van der Waals surface area (Å²) in [5.74, 6) is -1.41. The highest BCUT2D eigenvalue weighted by Crippen LogP contribution is 2.67. The number of aliphatic hydroxyl groups excluding tert-OH is 1. The summed E-state index contributed by atoms with van der Waals surface area (Å²) in [5.41, 5.74) is 9.55.